The molecule has 1 amide bonds. The molecule has 0 radical (unpaired) electrons. The molecule has 0 spiro atoms. The molecule has 1 heterocycles. The van der Waals surface area contributed by atoms with Crippen LogP contribution < -0.4 is 4.72 Å². The van der Waals surface area contributed by atoms with Crippen molar-refractivity contribution in [3.05, 3.63) is 70.0 Å². The fourth-order valence-electron chi connectivity index (χ4n) is 2.52. The summed E-state index contributed by atoms with van der Waals surface area (Å²) in [6.45, 7) is 2.90. The molecular weight excluding hydrogens is 414 g/mol. The van der Waals surface area contributed by atoms with Gasteiger partial charge in [-0.2, -0.15) is 0 Å². The van der Waals surface area contributed by atoms with Crippen molar-refractivity contribution in [1.82, 2.24) is 19.7 Å². The summed E-state index contributed by atoms with van der Waals surface area (Å²) in [5.74, 6) is -2.74. The Bertz CT molecular complexity index is 1200. The first-order valence-electron chi connectivity index (χ1n) is 7.82. The van der Waals surface area contributed by atoms with Crippen molar-refractivity contribution in [2.75, 3.05) is 0 Å². The molecule has 1 aromatic heterocycles. The molecule has 0 aliphatic rings. The van der Waals surface area contributed by atoms with Crippen LogP contribution in [0.4, 0.5) is 8.78 Å². The predicted octanol–water partition coefficient (Wildman–Crippen LogP) is 2.93. The third-order valence-electron chi connectivity index (χ3n) is 3.98. The van der Waals surface area contributed by atoms with Crippen LogP contribution in [0.2, 0.25) is 5.02 Å². The lowest BCUT2D eigenvalue weighted by atomic mass is 10.2. The van der Waals surface area contributed by atoms with Gasteiger partial charge >= 0.3 is 0 Å². The number of benzene rings is 2. The van der Waals surface area contributed by atoms with Crippen LogP contribution in [-0.2, 0) is 10.0 Å². The third-order valence-corrected chi connectivity index (χ3v) is 5.87. The lowest BCUT2D eigenvalue weighted by Crippen LogP contribution is -2.32. The van der Waals surface area contributed by atoms with E-state index in [2.05, 4.69) is 10.3 Å². The van der Waals surface area contributed by atoms with Gasteiger partial charge in [-0.05, 0) is 43.7 Å². The molecule has 0 atom stereocenters. The highest BCUT2D eigenvalue weighted by Crippen LogP contribution is 2.23. The molecule has 0 fully saturated rings. The number of nitrogens with zero attached hydrogens (tertiary/aromatic N) is 3. The number of nitrogens with one attached hydrogen (secondary N) is 1. The third kappa shape index (κ3) is 3.60. The maximum atomic E-state index is 14.0. The predicted molar refractivity (Wildman–Crippen MR) is 96.9 cm³/mol. The summed E-state index contributed by atoms with van der Waals surface area (Å²) >= 11 is 5.93. The fraction of sp³-hybridized carbons (Fsp3) is 0.118. The summed E-state index contributed by atoms with van der Waals surface area (Å²) in [6, 6.07) is 7.06. The topological polar surface area (TPSA) is 93.9 Å². The molecule has 0 saturated heterocycles. The Balaban J connectivity index is 1.94. The molecule has 0 bridgehead atoms. The summed E-state index contributed by atoms with van der Waals surface area (Å²) in [6.07, 6.45) is 0. The van der Waals surface area contributed by atoms with Crippen molar-refractivity contribution in [2.45, 2.75) is 18.7 Å². The summed E-state index contributed by atoms with van der Waals surface area (Å²) in [5.41, 5.74) is -0.120. The smallest absolute Gasteiger partial charge is 0.266 e. The molecular formula is C17H13ClF2N4O3S. The van der Waals surface area contributed by atoms with Crippen molar-refractivity contribution in [1.29, 1.82) is 0 Å². The average Bonchev–Trinajstić information content (AvgIpc) is 2.98. The first-order chi connectivity index (χ1) is 13.1. The Labute approximate surface area is 164 Å². The number of carbonyl (C=O) groups is 1. The van der Waals surface area contributed by atoms with E-state index >= 15 is 0 Å². The minimum Gasteiger partial charge on any atom is -0.266 e. The number of carbonyl (C=O) groups excluding carboxylic acids is 1. The Hall–Kier alpha value is -2.85. The Morgan fingerprint density at radius 3 is 2.57 bits per heavy atom. The molecule has 3 rings (SSSR count). The molecule has 1 N–H and O–H groups in total. The molecule has 0 aliphatic carbocycles. The monoisotopic (exact) mass is 426 g/mol. The zero-order chi connectivity index (χ0) is 20.6. The maximum Gasteiger partial charge on any atom is 0.287 e. The van der Waals surface area contributed by atoms with E-state index in [1.165, 1.54) is 32.0 Å². The lowest BCUT2D eigenvalue weighted by Gasteiger charge is -2.10. The highest BCUT2D eigenvalue weighted by Gasteiger charge is 2.26. The molecule has 28 heavy (non-hydrogen) atoms. The van der Waals surface area contributed by atoms with Crippen molar-refractivity contribution in [3.63, 3.8) is 0 Å². The van der Waals surface area contributed by atoms with Gasteiger partial charge in [0.05, 0.1) is 10.6 Å². The number of aromatic nitrogens is 3. The molecule has 0 saturated carbocycles. The second-order valence-electron chi connectivity index (χ2n) is 5.83. The van der Waals surface area contributed by atoms with Gasteiger partial charge in [0.15, 0.2) is 11.5 Å². The molecule has 3 aromatic rings. The lowest BCUT2D eigenvalue weighted by molar-refractivity contribution is 0.0976. The normalized spacial score (nSPS) is 11.5. The van der Waals surface area contributed by atoms with Crippen LogP contribution in [0, 0.1) is 25.5 Å². The van der Waals surface area contributed by atoms with Crippen LogP contribution in [0.25, 0.3) is 5.69 Å². The largest absolute Gasteiger partial charge is 0.287 e. The first-order valence-corrected chi connectivity index (χ1v) is 9.68. The minimum atomic E-state index is -4.23. The summed E-state index contributed by atoms with van der Waals surface area (Å²) in [4.78, 5) is 12.3. The van der Waals surface area contributed by atoms with Gasteiger partial charge in [0.25, 0.3) is 15.9 Å². The van der Waals surface area contributed by atoms with Crippen LogP contribution >= 0.6 is 11.6 Å². The van der Waals surface area contributed by atoms with Gasteiger partial charge in [0, 0.05) is 11.1 Å². The highest BCUT2D eigenvalue weighted by molar-refractivity contribution is 7.90. The Kier molecular flexibility index (Phi) is 5.18. The number of hydrogen-bond acceptors (Lipinski definition) is 5. The van der Waals surface area contributed by atoms with Crippen molar-refractivity contribution in [3.8, 4) is 5.69 Å². The van der Waals surface area contributed by atoms with Crippen LogP contribution in [0.3, 0.4) is 0 Å². The Morgan fingerprint density at radius 1 is 1.18 bits per heavy atom. The quantitative estimate of drug-likeness (QED) is 0.692. The number of sulfonamides is 1. The minimum absolute atomic E-state index is 0.0704. The van der Waals surface area contributed by atoms with Gasteiger partial charge in [0.2, 0.25) is 0 Å². The molecule has 2 aromatic carbocycles. The van der Waals surface area contributed by atoms with E-state index in [0.717, 1.165) is 16.8 Å². The summed E-state index contributed by atoms with van der Waals surface area (Å²) in [7, 11) is -4.23. The van der Waals surface area contributed by atoms with E-state index in [-0.39, 0.29) is 32.6 Å². The van der Waals surface area contributed by atoms with Gasteiger partial charge in [-0.3, -0.25) is 4.79 Å². The molecule has 11 heteroatoms. The maximum absolute atomic E-state index is 14.0. The van der Waals surface area contributed by atoms with Gasteiger partial charge < -0.3 is 0 Å². The second-order valence-corrected chi connectivity index (χ2v) is 7.89. The number of amides is 1. The van der Waals surface area contributed by atoms with Crippen molar-refractivity contribution >= 4 is 27.5 Å². The highest BCUT2D eigenvalue weighted by atomic mass is 35.5. The van der Waals surface area contributed by atoms with E-state index in [4.69, 9.17) is 11.6 Å². The van der Waals surface area contributed by atoms with Gasteiger partial charge in [0.1, 0.15) is 11.5 Å². The van der Waals surface area contributed by atoms with E-state index in [9.17, 15) is 22.0 Å². The zero-order valence-electron chi connectivity index (χ0n) is 14.6. The zero-order valence-corrected chi connectivity index (χ0v) is 16.1. The molecule has 7 nitrogen and oxygen atoms in total. The first kappa shape index (κ1) is 19.9. The summed E-state index contributed by atoms with van der Waals surface area (Å²) < 4.78 is 55.0. The SMILES string of the molecule is Cc1c(Cl)cccc1S(=O)(=O)NC(=O)c1nnn(-c2ccc(F)cc2F)c1C. The summed E-state index contributed by atoms with van der Waals surface area (Å²) in [5, 5.41) is 7.51. The van der Waals surface area contributed by atoms with Crippen LogP contribution in [0.15, 0.2) is 41.3 Å². The van der Waals surface area contributed by atoms with Gasteiger partial charge in [-0.25, -0.2) is 26.6 Å². The van der Waals surface area contributed by atoms with Crippen LogP contribution in [0.1, 0.15) is 21.7 Å². The standard InChI is InChI=1S/C17H13ClF2N4O3S/c1-9-12(18)4-3-5-15(9)28(26,27)22-17(25)16-10(2)24(23-21-16)14-7-6-11(19)8-13(14)20/h3-8H,1-2H3,(H,22,25). The van der Waals surface area contributed by atoms with E-state index in [0.29, 0.717) is 6.07 Å². The fourth-order valence-corrected chi connectivity index (χ4v) is 3.98. The van der Waals surface area contributed by atoms with Crippen LogP contribution in [-0.4, -0.2) is 29.3 Å². The Morgan fingerprint density at radius 2 is 1.89 bits per heavy atom. The second kappa shape index (κ2) is 7.28. The number of rotatable bonds is 4. The van der Waals surface area contributed by atoms with Gasteiger partial charge in [-0.1, -0.05) is 22.9 Å². The average molecular weight is 427 g/mol. The van der Waals surface area contributed by atoms with Gasteiger partial charge in [-0.15, -0.1) is 5.10 Å². The number of halogens is 3. The van der Waals surface area contributed by atoms with E-state index in [1.807, 2.05) is 4.72 Å². The van der Waals surface area contributed by atoms with Crippen LogP contribution in [0.5, 0.6) is 0 Å². The van der Waals surface area contributed by atoms with Crippen molar-refractivity contribution in [2.24, 2.45) is 0 Å². The molecule has 146 valence electrons. The van der Waals surface area contributed by atoms with Crippen molar-refractivity contribution < 1.29 is 22.0 Å². The molecule has 0 unspecified atom stereocenters. The number of hydrogen-bond donors (Lipinski definition) is 1. The molecule has 0 aliphatic heterocycles. The van der Waals surface area contributed by atoms with E-state index < -0.39 is 27.6 Å². The van der Waals surface area contributed by atoms with E-state index in [1.54, 1.807) is 0 Å².